The number of nitrogens with one attached hydrogen (secondary N) is 1. The van der Waals surface area contributed by atoms with E-state index in [9.17, 15) is 9.18 Å². The molecule has 7 heteroatoms. The summed E-state index contributed by atoms with van der Waals surface area (Å²) in [7, 11) is 0. The summed E-state index contributed by atoms with van der Waals surface area (Å²) >= 11 is 6.51. The molecule has 0 saturated carbocycles. The lowest BCUT2D eigenvalue weighted by Crippen LogP contribution is -2.15. The molecule has 0 radical (unpaired) electrons. The zero-order chi connectivity index (χ0) is 18.5. The van der Waals surface area contributed by atoms with Crippen molar-refractivity contribution in [3.63, 3.8) is 0 Å². The molecule has 3 rings (SSSR count). The number of carbonyl (C=O) groups is 1. The van der Waals surface area contributed by atoms with Crippen molar-refractivity contribution in [1.29, 1.82) is 0 Å². The maximum Gasteiger partial charge on any atom is 0.230 e. The average Bonchev–Trinajstić information content (AvgIpc) is 3.04. The highest BCUT2D eigenvalue weighted by Crippen LogP contribution is 2.27. The summed E-state index contributed by atoms with van der Waals surface area (Å²) in [6.07, 6.45) is 0.239. The van der Waals surface area contributed by atoms with Crippen LogP contribution in [0.5, 0.6) is 0 Å². The Morgan fingerprint density at radius 3 is 2.77 bits per heavy atom. The van der Waals surface area contributed by atoms with Gasteiger partial charge in [-0.25, -0.2) is 9.37 Å². The average molecular weight is 451 g/mol. The fourth-order valence-electron chi connectivity index (χ4n) is 2.29. The van der Waals surface area contributed by atoms with E-state index in [1.165, 1.54) is 23.5 Å². The van der Waals surface area contributed by atoms with Crippen molar-refractivity contribution in [2.24, 2.45) is 0 Å². The Hall–Kier alpha value is -1.70. The van der Waals surface area contributed by atoms with Crippen molar-refractivity contribution in [1.82, 2.24) is 4.98 Å². The number of aromatic nitrogens is 1. The number of amides is 1. The Morgan fingerprint density at radius 1 is 1.27 bits per heavy atom. The van der Waals surface area contributed by atoms with E-state index < -0.39 is 0 Å². The van der Waals surface area contributed by atoms with Crippen LogP contribution in [0.3, 0.4) is 0 Å². The van der Waals surface area contributed by atoms with Gasteiger partial charge in [-0.05, 0) is 48.4 Å². The standard InChI is InChI=1S/C19H16BrFN2OS2/c1-12-8-14(20)4-7-17(12)23-18(24)9-16-11-26-19(22-16)25-10-13-2-5-15(21)6-3-13/h2-8,11H,9-10H2,1H3,(H,23,24). The van der Waals surface area contributed by atoms with Gasteiger partial charge >= 0.3 is 0 Å². The van der Waals surface area contributed by atoms with Gasteiger partial charge in [-0.1, -0.05) is 39.8 Å². The third kappa shape index (κ3) is 5.40. The van der Waals surface area contributed by atoms with Crippen molar-refractivity contribution in [3.05, 3.63) is 75.0 Å². The van der Waals surface area contributed by atoms with E-state index in [1.54, 1.807) is 23.9 Å². The molecule has 0 spiro atoms. The normalized spacial score (nSPS) is 10.7. The van der Waals surface area contributed by atoms with Crippen molar-refractivity contribution >= 4 is 50.6 Å². The number of hydrogen-bond donors (Lipinski definition) is 1. The Bertz CT molecular complexity index is 912. The van der Waals surface area contributed by atoms with Gasteiger partial charge in [-0.3, -0.25) is 4.79 Å². The van der Waals surface area contributed by atoms with E-state index in [0.717, 1.165) is 37.1 Å². The van der Waals surface area contributed by atoms with E-state index in [2.05, 4.69) is 26.2 Å². The predicted molar refractivity (Wildman–Crippen MR) is 109 cm³/mol. The minimum atomic E-state index is -0.234. The van der Waals surface area contributed by atoms with Crippen LogP contribution in [-0.4, -0.2) is 10.9 Å². The molecule has 1 N–H and O–H groups in total. The van der Waals surface area contributed by atoms with E-state index in [4.69, 9.17) is 0 Å². The molecule has 134 valence electrons. The summed E-state index contributed by atoms with van der Waals surface area (Å²) in [6.45, 7) is 1.95. The number of rotatable bonds is 6. The Labute approximate surface area is 168 Å². The van der Waals surface area contributed by atoms with Gasteiger partial charge in [0, 0.05) is 21.3 Å². The highest BCUT2D eigenvalue weighted by molar-refractivity contribution is 9.10. The second kappa shape index (κ2) is 8.79. The Morgan fingerprint density at radius 2 is 2.04 bits per heavy atom. The molecular weight excluding hydrogens is 435 g/mol. The van der Waals surface area contributed by atoms with Crippen LogP contribution < -0.4 is 5.32 Å². The van der Waals surface area contributed by atoms with Crippen LogP contribution in [0.1, 0.15) is 16.8 Å². The van der Waals surface area contributed by atoms with Crippen molar-refractivity contribution in [2.45, 2.75) is 23.4 Å². The number of thioether (sulfide) groups is 1. The lowest BCUT2D eigenvalue weighted by molar-refractivity contribution is -0.115. The van der Waals surface area contributed by atoms with Gasteiger partial charge in [-0.15, -0.1) is 11.3 Å². The second-order valence-electron chi connectivity index (χ2n) is 5.70. The number of benzene rings is 2. The smallest absolute Gasteiger partial charge is 0.230 e. The first kappa shape index (κ1) is 19.1. The monoisotopic (exact) mass is 450 g/mol. The zero-order valence-corrected chi connectivity index (χ0v) is 17.2. The molecule has 1 heterocycles. The molecule has 0 aliphatic rings. The molecule has 3 nitrogen and oxygen atoms in total. The van der Waals surface area contributed by atoms with Gasteiger partial charge in [0.2, 0.25) is 5.91 Å². The summed E-state index contributed by atoms with van der Waals surface area (Å²) in [5, 5.41) is 4.82. The van der Waals surface area contributed by atoms with E-state index in [0.29, 0.717) is 0 Å². The predicted octanol–water partition coefficient (Wildman–Crippen LogP) is 5.83. The number of hydrogen-bond acceptors (Lipinski definition) is 4. The summed E-state index contributed by atoms with van der Waals surface area (Å²) < 4.78 is 14.8. The van der Waals surface area contributed by atoms with Crippen LogP contribution in [0.4, 0.5) is 10.1 Å². The van der Waals surface area contributed by atoms with Crippen LogP contribution in [0, 0.1) is 12.7 Å². The molecule has 1 aromatic heterocycles. The van der Waals surface area contributed by atoms with Crippen LogP contribution >= 0.6 is 39.0 Å². The maximum absolute atomic E-state index is 12.9. The molecule has 26 heavy (non-hydrogen) atoms. The zero-order valence-electron chi connectivity index (χ0n) is 14.0. The molecule has 0 aliphatic heterocycles. The van der Waals surface area contributed by atoms with Crippen molar-refractivity contribution < 1.29 is 9.18 Å². The second-order valence-corrected chi connectivity index (χ2v) is 8.70. The van der Waals surface area contributed by atoms with Crippen LogP contribution in [0.2, 0.25) is 0 Å². The number of anilines is 1. The highest BCUT2D eigenvalue weighted by atomic mass is 79.9. The molecule has 0 saturated heterocycles. The van der Waals surface area contributed by atoms with E-state index in [1.807, 2.05) is 30.5 Å². The van der Waals surface area contributed by atoms with Crippen LogP contribution in [0.25, 0.3) is 0 Å². The molecule has 1 amide bonds. The molecule has 0 atom stereocenters. The highest BCUT2D eigenvalue weighted by Gasteiger charge is 2.10. The first-order valence-corrected chi connectivity index (χ1v) is 10.5. The van der Waals surface area contributed by atoms with E-state index in [-0.39, 0.29) is 18.1 Å². The van der Waals surface area contributed by atoms with Gasteiger partial charge in [0.1, 0.15) is 10.2 Å². The Balaban J connectivity index is 1.54. The van der Waals surface area contributed by atoms with Crippen LogP contribution in [0.15, 0.2) is 56.7 Å². The fraction of sp³-hybridized carbons (Fsp3) is 0.158. The van der Waals surface area contributed by atoms with E-state index >= 15 is 0 Å². The van der Waals surface area contributed by atoms with Crippen LogP contribution in [-0.2, 0) is 17.0 Å². The first-order valence-electron chi connectivity index (χ1n) is 7.87. The summed E-state index contributed by atoms with van der Waals surface area (Å²) in [4.78, 5) is 16.7. The maximum atomic E-state index is 12.9. The van der Waals surface area contributed by atoms with Gasteiger partial charge in [0.25, 0.3) is 0 Å². The number of thiazole rings is 1. The van der Waals surface area contributed by atoms with Gasteiger partial charge < -0.3 is 5.32 Å². The van der Waals surface area contributed by atoms with Gasteiger partial charge in [0.05, 0.1) is 12.1 Å². The lowest BCUT2D eigenvalue weighted by Gasteiger charge is -2.07. The van der Waals surface area contributed by atoms with Crippen molar-refractivity contribution in [3.8, 4) is 0 Å². The molecule has 2 aromatic carbocycles. The number of aryl methyl sites for hydroxylation is 1. The minimum absolute atomic E-state index is 0.0872. The molecule has 3 aromatic rings. The number of nitrogens with zero attached hydrogens (tertiary/aromatic N) is 1. The summed E-state index contributed by atoms with van der Waals surface area (Å²) in [5.74, 6) is 0.399. The molecule has 0 aliphatic carbocycles. The summed E-state index contributed by atoms with van der Waals surface area (Å²) in [6, 6.07) is 12.2. The Kier molecular flexibility index (Phi) is 6.45. The third-order valence-corrected chi connectivity index (χ3v) is 6.24. The largest absolute Gasteiger partial charge is 0.326 e. The SMILES string of the molecule is Cc1cc(Br)ccc1NC(=O)Cc1csc(SCc2ccc(F)cc2)n1. The third-order valence-electron chi connectivity index (χ3n) is 3.61. The number of carbonyl (C=O) groups excluding carboxylic acids is 1. The number of halogens is 2. The van der Waals surface area contributed by atoms with Gasteiger partial charge in [-0.2, -0.15) is 0 Å². The molecule has 0 bridgehead atoms. The van der Waals surface area contributed by atoms with Gasteiger partial charge in [0.15, 0.2) is 0 Å². The molecule has 0 unspecified atom stereocenters. The quantitative estimate of drug-likeness (QED) is 0.480. The first-order chi connectivity index (χ1) is 12.5. The molecule has 0 fully saturated rings. The topological polar surface area (TPSA) is 42.0 Å². The molecular formula is C19H16BrFN2OS2. The lowest BCUT2D eigenvalue weighted by atomic mass is 10.2. The fourth-order valence-corrected chi connectivity index (χ4v) is 4.56. The minimum Gasteiger partial charge on any atom is -0.326 e. The van der Waals surface area contributed by atoms with Crippen molar-refractivity contribution in [2.75, 3.05) is 5.32 Å². The summed E-state index contributed by atoms with van der Waals surface area (Å²) in [5.41, 5.74) is 3.60.